The lowest BCUT2D eigenvalue weighted by Crippen LogP contribution is -2.15. The summed E-state index contributed by atoms with van der Waals surface area (Å²) in [6, 6.07) is 6.12. The van der Waals surface area contributed by atoms with Crippen LogP contribution in [0.3, 0.4) is 0 Å². The first-order chi connectivity index (χ1) is 8.76. The monoisotopic (exact) mass is 243 g/mol. The summed E-state index contributed by atoms with van der Waals surface area (Å²) in [6.45, 7) is 4.45. The van der Waals surface area contributed by atoms with Crippen molar-refractivity contribution in [2.45, 2.75) is 39.2 Å². The number of rotatable bonds is 5. The summed E-state index contributed by atoms with van der Waals surface area (Å²) in [6.07, 6.45) is 6.83. The molecule has 0 spiro atoms. The quantitative estimate of drug-likeness (QED) is 0.875. The number of para-hydroxylation sites is 1. The third-order valence-corrected chi connectivity index (χ3v) is 3.67. The Balaban J connectivity index is 2.30. The fourth-order valence-electron chi connectivity index (χ4n) is 2.42. The minimum absolute atomic E-state index is 0.0512. The zero-order chi connectivity index (χ0) is 13.0. The number of hydrogen-bond donors (Lipinski definition) is 1. The van der Waals surface area contributed by atoms with E-state index in [9.17, 15) is 0 Å². The van der Waals surface area contributed by atoms with Crippen LogP contribution in [0.4, 0.5) is 0 Å². The molecule has 0 bridgehead atoms. The molecule has 2 aromatic rings. The molecule has 0 aliphatic heterocycles. The van der Waals surface area contributed by atoms with E-state index < -0.39 is 0 Å². The molecule has 0 fully saturated rings. The first kappa shape index (κ1) is 13.0. The summed E-state index contributed by atoms with van der Waals surface area (Å²) < 4.78 is 0. The van der Waals surface area contributed by atoms with Crippen LogP contribution in [0.1, 0.15) is 44.7 Å². The molecule has 2 N–H and O–H groups in total. The predicted molar refractivity (Wildman–Crippen MR) is 75.2 cm³/mol. The summed E-state index contributed by atoms with van der Waals surface area (Å²) in [5.74, 6) is 0.687. The molecule has 0 aliphatic carbocycles. The van der Waals surface area contributed by atoms with E-state index in [1.165, 1.54) is 12.8 Å². The van der Waals surface area contributed by atoms with Gasteiger partial charge in [-0.15, -0.1) is 0 Å². The van der Waals surface area contributed by atoms with Crippen LogP contribution in [0.25, 0.3) is 11.0 Å². The number of benzene rings is 1. The van der Waals surface area contributed by atoms with E-state index in [4.69, 9.17) is 5.73 Å². The van der Waals surface area contributed by atoms with Crippen LogP contribution in [0.15, 0.2) is 30.6 Å². The topological polar surface area (TPSA) is 51.8 Å². The van der Waals surface area contributed by atoms with Gasteiger partial charge in [-0.3, -0.25) is 9.97 Å². The van der Waals surface area contributed by atoms with E-state index in [1.807, 2.05) is 12.1 Å². The zero-order valence-electron chi connectivity index (χ0n) is 11.1. The Hall–Kier alpha value is -1.48. The van der Waals surface area contributed by atoms with Gasteiger partial charge in [-0.2, -0.15) is 0 Å². The molecule has 1 aromatic carbocycles. The molecule has 0 radical (unpaired) electrons. The third kappa shape index (κ3) is 2.67. The number of fused-ring (bicyclic) bond motifs is 1. The van der Waals surface area contributed by atoms with Gasteiger partial charge in [0.15, 0.2) is 0 Å². The first-order valence-corrected chi connectivity index (χ1v) is 6.71. The highest BCUT2D eigenvalue weighted by Gasteiger charge is 2.15. The molecule has 0 aliphatic rings. The van der Waals surface area contributed by atoms with Crippen molar-refractivity contribution in [3.05, 3.63) is 36.2 Å². The van der Waals surface area contributed by atoms with E-state index in [0.717, 1.165) is 23.0 Å². The molecule has 3 nitrogen and oxygen atoms in total. The second kappa shape index (κ2) is 5.91. The zero-order valence-corrected chi connectivity index (χ0v) is 11.1. The molecular formula is C15H21N3. The minimum Gasteiger partial charge on any atom is -0.324 e. The Morgan fingerprint density at radius 3 is 2.56 bits per heavy atom. The van der Waals surface area contributed by atoms with Crippen molar-refractivity contribution in [1.82, 2.24) is 9.97 Å². The van der Waals surface area contributed by atoms with Crippen molar-refractivity contribution in [3.63, 3.8) is 0 Å². The number of hydrogen-bond acceptors (Lipinski definition) is 3. The van der Waals surface area contributed by atoms with Gasteiger partial charge < -0.3 is 5.73 Å². The Labute approximate surface area is 108 Å². The molecule has 1 heterocycles. The van der Waals surface area contributed by atoms with Crippen molar-refractivity contribution in [3.8, 4) is 0 Å². The maximum absolute atomic E-state index is 6.35. The Kier molecular flexibility index (Phi) is 4.26. The van der Waals surface area contributed by atoms with Crippen molar-refractivity contribution in [2.24, 2.45) is 11.7 Å². The standard InChI is InChI=1S/C15H21N3/c1-3-11(4-2)10-13(16)12-6-5-7-14-15(12)18-9-8-17-14/h5-9,11,13H,3-4,10,16H2,1-2H3. The molecule has 3 heteroatoms. The number of aromatic nitrogens is 2. The lowest BCUT2D eigenvalue weighted by Gasteiger charge is -2.19. The highest BCUT2D eigenvalue weighted by Crippen LogP contribution is 2.26. The summed E-state index contributed by atoms with van der Waals surface area (Å²) in [5, 5.41) is 0. The summed E-state index contributed by atoms with van der Waals surface area (Å²) in [7, 11) is 0. The van der Waals surface area contributed by atoms with Crippen molar-refractivity contribution < 1.29 is 0 Å². The van der Waals surface area contributed by atoms with E-state index in [0.29, 0.717) is 5.92 Å². The van der Waals surface area contributed by atoms with Crippen LogP contribution in [-0.2, 0) is 0 Å². The van der Waals surface area contributed by atoms with Gasteiger partial charge in [-0.1, -0.05) is 38.8 Å². The van der Waals surface area contributed by atoms with Crippen LogP contribution in [-0.4, -0.2) is 9.97 Å². The Morgan fingerprint density at radius 2 is 1.83 bits per heavy atom. The maximum Gasteiger partial charge on any atom is 0.0934 e. The summed E-state index contributed by atoms with van der Waals surface area (Å²) in [5.41, 5.74) is 9.33. The van der Waals surface area contributed by atoms with E-state index in [2.05, 4.69) is 29.9 Å². The predicted octanol–water partition coefficient (Wildman–Crippen LogP) is 3.46. The average molecular weight is 243 g/mol. The molecule has 0 saturated heterocycles. The van der Waals surface area contributed by atoms with Gasteiger partial charge in [0.25, 0.3) is 0 Å². The van der Waals surface area contributed by atoms with Gasteiger partial charge in [0, 0.05) is 18.4 Å². The second-order valence-electron chi connectivity index (χ2n) is 4.80. The van der Waals surface area contributed by atoms with Gasteiger partial charge in [0.05, 0.1) is 11.0 Å². The first-order valence-electron chi connectivity index (χ1n) is 6.71. The molecule has 2 rings (SSSR count). The Morgan fingerprint density at radius 1 is 1.11 bits per heavy atom. The van der Waals surface area contributed by atoms with Gasteiger partial charge in [-0.05, 0) is 24.0 Å². The van der Waals surface area contributed by atoms with Crippen LogP contribution >= 0.6 is 0 Å². The fraction of sp³-hybridized carbons (Fsp3) is 0.467. The largest absolute Gasteiger partial charge is 0.324 e. The third-order valence-electron chi connectivity index (χ3n) is 3.67. The van der Waals surface area contributed by atoms with Crippen LogP contribution in [0, 0.1) is 5.92 Å². The normalized spacial score (nSPS) is 13.1. The van der Waals surface area contributed by atoms with E-state index in [-0.39, 0.29) is 6.04 Å². The molecule has 18 heavy (non-hydrogen) atoms. The SMILES string of the molecule is CCC(CC)CC(N)c1cccc2nccnc12. The van der Waals surface area contributed by atoms with E-state index in [1.54, 1.807) is 12.4 Å². The molecule has 0 amide bonds. The molecule has 1 unspecified atom stereocenters. The van der Waals surface area contributed by atoms with Crippen LogP contribution in [0.2, 0.25) is 0 Å². The number of nitrogens with zero attached hydrogens (tertiary/aromatic N) is 2. The smallest absolute Gasteiger partial charge is 0.0934 e. The van der Waals surface area contributed by atoms with Gasteiger partial charge >= 0.3 is 0 Å². The van der Waals surface area contributed by atoms with Gasteiger partial charge in [0.1, 0.15) is 0 Å². The molecular weight excluding hydrogens is 222 g/mol. The van der Waals surface area contributed by atoms with Crippen LogP contribution in [0.5, 0.6) is 0 Å². The molecule has 1 atom stereocenters. The van der Waals surface area contributed by atoms with E-state index >= 15 is 0 Å². The lowest BCUT2D eigenvalue weighted by molar-refractivity contribution is 0.415. The minimum atomic E-state index is 0.0512. The van der Waals surface area contributed by atoms with Crippen LogP contribution < -0.4 is 5.73 Å². The number of nitrogens with two attached hydrogens (primary N) is 1. The molecule has 0 saturated carbocycles. The van der Waals surface area contributed by atoms with Crippen molar-refractivity contribution >= 4 is 11.0 Å². The van der Waals surface area contributed by atoms with Gasteiger partial charge in [-0.25, -0.2) is 0 Å². The fourth-order valence-corrected chi connectivity index (χ4v) is 2.42. The van der Waals surface area contributed by atoms with Crippen molar-refractivity contribution in [2.75, 3.05) is 0 Å². The molecule has 1 aromatic heterocycles. The average Bonchev–Trinajstić information content (AvgIpc) is 2.43. The highest BCUT2D eigenvalue weighted by atomic mass is 14.8. The summed E-state index contributed by atoms with van der Waals surface area (Å²) >= 11 is 0. The Bertz CT molecular complexity index is 501. The second-order valence-corrected chi connectivity index (χ2v) is 4.80. The molecule has 96 valence electrons. The summed E-state index contributed by atoms with van der Waals surface area (Å²) in [4.78, 5) is 8.74. The van der Waals surface area contributed by atoms with Crippen molar-refractivity contribution in [1.29, 1.82) is 0 Å². The lowest BCUT2D eigenvalue weighted by atomic mass is 9.91. The van der Waals surface area contributed by atoms with Gasteiger partial charge in [0.2, 0.25) is 0 Å². The maximum atomic E-state index is 6.35. The highest BCUT2D eigenvalue weighted by molar-refractivity contribution is 5.77.